The molecule has 1 aromatic heterocycles. The Morgan fingerprint density at radius 2 is 1.94 bits per heavy atom. The molecule has 0 amide bonds. The van der Waals surface area contributed by atoms with Gasteiger partial charge in [0.25, 0.3) is 0 Å². The molecule has 1 heterocycles. The van der Waals surface area contributed by atoms with Crippen LogP contribution in [0, 0.1) is 11.6 Å². The molecule has 0 aliphatic rings. The van der Waals surface area contributed by atoms with Gasteiger partial charge in [0.05, 0.1) is 0 Å². The molecule has 0 radical (unpaired) electrons. The van der Waals surface area contributed by atoms with Gasteiger partial charge < -0.3 is 0 Å². The summed E-state index contributed by atoms with van der Waals surface area (Å²) < 4.78 is 27.7. The topological polar surface area (TPSA) is 34.9 Å². The minimum Gasteiger partial charge on any atom is -0.287 e. The minimum absolute atomic E-state index is 0.00893. The smallest absolute Gasteiger partial charge is 0.211 e. The van der Waals surface area contributed by atoms with E-state index >= 15 is 0 Å². The Morgan fingerprint density at radius 3 is 2.56 bits per heavy atom. The van der Waals surface area contributed by atoms with Gasteiger partial charge in [0.2, 0.25) is 5.78 Å². The van der Waals surface area contributed by atoms with Crippen LogP contribution < -0.4 is 0 Å². The van der Waals surface area contributed by atoms with Crippen LogP contribution in [-0.4, -0.2) is 15.6 Å². The Morgan fingerprint density at radius 1 is 1.28 bits per heavy atom. The Labute approximate surface area is 103 Å². The highest BCUT2D eigenvalue weighted by atomic mass is 19.1. The third kappa shape index (κ3) is 2.45. The molecule has 5 heteroatoms. The van der Waals surface area contributed by atoms with E-state index in [-0.39, 0.29) is 5.56 Å². The maximum absolute atomic E-state index is 13.1. The molecule has 0 unspecified atom stereocenters. The van der Waals surface area contributed by atoms with Gasteiger partial charge in [-0.05, 0) is 24.6 Å². The average molecular weight is 250 g/mol. The van der Waals surface area contributed by atoms with Gasteiger partial charge in [0.1, 0.15) is 17.3 Å². The molecule has 0 N–H and O–H groups in total. The predicted octanol–water partition coefficient (Wildman–Crippen LogP) is 2.80. The van der Waals surface area contributed by atoms with Gasteiger partial charge in [0, 0.05) is 24.4 Å². The van der Waals surface area contributed by atoms with Crippen molar-refractivity contribution in [3.63, 3.8) is 0 Å². The lowest BCUT2D eigenvalue weighted by atomic mass is 10.1. The number of rotatable bonds is 4. The van der Waals surface area contributed by atoms with E-state index in [0.717, 1.165) is 24.6 Å². The predicted molar refractivity (Wildman–Crippen MR) is 62.3 cm³/mol. The summed E-state index contributed by atoms with van der Waals surface area (Å²) in [7, 11) is 0. The van der Waals surface area contributed by atoms with Crippen LogP contribution in [0.15, 0.2) is 30.5 Å². The lowest BCUT2D eigenvalue weighted by molar-refractivity contribution is 0.102. The molecule has 0 saturated carbocycles. The summed E-state index contributed by atoms with van der Waals surface area (Å²) >= 11 is 0. The van der Waals surface area contributed by atoms with Crippen molar-refractivity contribution in [2.75, 3.05) is 0 Å². The SMILES string of the molecule is CCCn1nccc1C(=O)c1cc(F)cc(F)c1. The zero-order chi connectivity index (χ0) is 13.1. The minimum atomic E-state index is -0.764. The van der Waals surface area contributed by atoms with E-state index in [1.165, 1.54) is 10.9 Å². The first-order valence-corrected chi connectivity index (χ1v) is 5.64. The van der Waals surface area contributed by atoms with E-state index in [1.807, 2.05) is 6.92 Å². The Hall–Kier alpha value is -2.04. The Bertz CT molecular complexity index is 558. The van der Waals surface area contributed by atoms with Crippen LogP contribution in [0.2, 0.25) is 0 Å². The highest BCUT2D eigenvalue weighted by molar-refractivity contribution is 6.07. The number of nitrogens with zero attached hydrogens (tertiary/aromatic N) is 2. The number of carbonyl (C=O) groups is 1. The van der Waals surface area contributed by atoms with Crippen LogP contribution in [-0.2, 0) is 6.54 Å². The van der Waals surface area contributed by atoms with Crippen molar-refractivity contribution >= 4 is 5.78 Å². The van der Waals surface area contributed by atoms with Crippen molar-refractivity contribution in [2.45, 2.75) is 19.9 Å². The zero-order valence-corrected chi connectivity index (χ0v) is 9.86. The van der Waals surface area contributed by atoms with E-state index in [2.05, 4.69) is 5.10 Å². The van der Waals surface area contributed by atoms with Crippen LogP contribution >= 0.6 is 0 Å². The number of benzene rings is 1. The molecule has 0 saturated heterocycles. The first kappa shape index (κ1) is 12.4. The van der Waals surface area contributed by atoms with Crippen molar-refractivity contribution in [3.05, 3.63) is 53.4 Å². The Kier molecular flexibility index (Phi) is 3.50. The molecule has 94 valence electrons. The summed E-state index contributed by atoms with van der Waals surface area (Å²) in [4.78, 5) is 12.1. The third-order valence-corrected chi connectivity index (χ3v) is 2.51. The molecular weight excluding hydrogens is 238 g/mol. The number of halogens is 2. The maximum Gasteiger partial charge on any atom is 0.211 e. The van der Waals surface area contributed by atoms with E-state index in [0.29, 0.717) is 12.2 Å². The quantitative estimate of drug-likeness (QED) is 0.782. The second-order valence-electron chi connectivity index (χ2n) is 3.93. The summed E-state index contributed by atoms with van der Waals surface area (Å²) in [6.45, 7) is 2.55. The fraction of sp³-hybridized carbons (Fsp3) is 0.231. The maximum atomic E-state index is 13.1. The zero-order valence-electron chi connectivity index (χ0n) is 9.86. The summed E-state index contributed by atoms with van der Waals surface area (Å²) in [5, 5.41) is 4.01. The van der Waals surface area contributed by atoms with Crippen LogP contribution in [0.25, 0.3) is 0 Å². The lowest BCUT2D eigenvalue weighted by Crippen LogP contribution is -2.12. The van der Waals surface area contributed by atoms with Crippen molar-refractivity contribution in [1.82, 2.24) is 9.78 Å². The van der Waals surface area contributed by atoms with E-state index in [1.54, 1.807) is 6.07 Å². The van der Waals surface area contributed by atoms with Crippen LogP contribution in [0.5, 0.6) is 0 Å². The highest BCUT2D eigenvalue weighted by Crippen LogP contribution is 2.13. The summed E-state index contributed by atoms with van der Waals surface area (Å²) in [6, 6.07) is 4.32. The molecule has 2 rings (SSSR count). The number of hydrogen-bond acceptors (Lipinski definition) is 2. The Balaban J connectivity index is 2.38. The number of aryl methyl sites for hydroxylation is 1. The summed E-state index contributed by atoms with van der Waals surface area (Å²) in [5.74, 6) is -1.96. The van der Waals surface area contributed by atoms with Gasteiger partial charge in [-0.3, -0.25) is 9.48 Å². The summed E-state index contributed by atoms with van der Waals surface area (Å²) in [5.41, 5.74) is 0.326. The number of aromatic nitrogens is 2. The number of ketones is 1. The molecule has 2 aromatic rings. The first-order chi connectivity index (χ1) is 8.61. The second-order valence-corrected chi connectivity index (χ2v) is 3.93. The molecule has 0 bridgehead atoms. The van der Waals surface area contributed by atoms with Crippen molar-refractivity contribution in [3.8, 4) is 0 Å². The fourth-order valence-corrected chi connectivity index (χ4v) is 1.75. The van der Waals surface area contributed by atoms with Crippen LogP contribution in [0.4, 0.5) is 8.78 Å². The standard InChI is InChI=1S/C13H12F2N2O/c1-2-5-17-12(3-4-16-17)13(18)9-6-10(14)8-11(15)7-9/h3-4,6-8H,2,5H2,1H3. The van der Waals surface area contributed by atoms with Gasteiger partial charge in [-0.25, -0.2) is 8.78 Å². The monoisotopic (exact) mass is 250 g/mol. The van der Waals surface area contributed by atoms with Gasteiger partial charge in [0.15, 0.2) is 0 Å². The van der Waals surface area contributed by atoms with Gasteiger partial charge in [-0.15, -0.1) is 0 Å². The van der Waals surface area contributed by atoms with Gasteiger partial charge in [-0.1, -0.05) is 6.92 Å². The van der Waals surface area contributed by atoms with Crippen molar-refractivity contribution in [2.24, 2.45) is 0 Å². The third-order valence-electron chi connectivity index (χ3n) is 2.51. The number of hydrogen-bond donors (Lipinski definition) is 0. The molecule has 0 spiro atoms. The highest BCUT2D eigenvalue weighted by Gasteiger charge is 2.15. The molecule has 0 aliphatic heterocycles. The van der Waals surface area contributed by atoms with Crippen molar-refractivity contribution < 1.29 is 13.6 Å². The van der Waals surface area contributed by atoms with E-state index in [9.17, 15) is 13.6 Å². The summed E-state index contributed by atoms with van der Waals surface area (Å²) in [6.07, 6.45) is 2.32. The molecule has 18 heavy (non-hydrogen) atoms. The van der Waals surface area contributed by atoms with E-state index in [4.69, 9.17) is 0 Å². The van der Waals surface area contributed by atoms with Crippen LogP contribution in [0.1, 0.15) is 29.4 Å². The largest absolute Gasteiger partial charge is 0.287 e. The molecular formula is C13H12F2N2O. The van der Waals surface area contributed by atoms with Gasteiger partial charge >= 0.3 is 0 Å². The molecule has 3 nitrogen and oxygen atoms in total. The van der Waals surface area contributed by atoms with E-state index < -0.39 is 17.4 Å². The average Bonchev–Trinajstić information content (AvgIpc) is 2.75. The normalized spacial score (nSPS) is 10.6. The second kappa shape index (κ2) is 5.08. The fourth-order valence-electron chi connectivity index (χ4n) is 1.75. The first-order valence-electron chi connectivity index (χ1n) is 5.64. The van der Waals surface area contributed by atoms with Crippen LogP contribution in [0.3, 0.4) is 0 Å². The molecule has 1 aromatic carbocycles. The lowest BCUT2D eigenvalue weighted by Gasteiger charge is -2.05. The molecule has 0 atom stereocenters. The molecule has 0 aliphatic carbocycles. The molecule has 0 fully saturated rings. The van der Waals surface area contributed by atoms with Gasteiger partial charge in [-0.2, -0.15) is 5.10 Å². The number of carbonyl (C=O) groups excluding carboxylic acids is 1. The van der Waals surface area contributed by atoms with Crippen molar-refractivity contribution in [1.29, 1.82) is 0 Å².